The minimum Gasteiger partial charge on any atom is -0.735 e. The molecule has 0 bridgehead atoms. The van der Waals surface area contributed by atoms with Crippen molar-refractivity contribution in [1.29, 1.82) is 0 Å². The third kappa shape index (κ3) is 9.19. The number of alkyl halides is 3. The Balaban J connectivity index is 0.00000380. The summed E-state index contributed by atoms with van der Waals surface area (Å²) in [6, 6.07) is 0. The van der Waals surface area contributed by atoms with Gasteiger partial charge in [-0.3, -0.25) is 14.5 Å². The molecule has 24 heteroatoms. The summed E-state index contributed by atoms with van der Waals surface area (Å²) in [7, 11) is -3.78. The molecule has 3 atom stereocenters. The second kappa shape index (κ2) is 14.9. The number of ether oxygens (including phenoxy) is 1. The summed E-state index contributed by atoms with van der Waals surface area (Å²) in [5.41, 5.74) is -7.35. The molecular formula is C15H16F3N7Na2O8S4. The van der Waals surface area contributed by atoms with Gasteiger partial charge in [-0.25, -0.2) is 13.1 Å². The number of fused-ring (bicyclic) bond motifs is 1. The first-order valence-electron chi connectivity index (χ1n) is 9.75. The Morgan fingerprint density at radius 1 is 1.38 bits per heavy atom. The number of carbonyl (C=O) groups is 3. The molecule has 206 valence electrons. The molecule has 3 heterocycles. The first-order valence-corrected chi connectivity index (χ1v) is 14.1. The third-order valence-corrected chi connectivity index (χ3v) is 8.73. The van der Waals surface area contributed by atoms with E-state index in [2.05, 4.69) is 25.9 Å². The average Bonchev–Trinajstić information content (AvgIpc) is 3.31. The number of aromatic nitrogens is 4. The number of carboxylic acids is 1. The van der Waals surface area contributed by atoms with Gasteiger partial charge >= 0.3 is 64.6 Å². The zero-order valence-electron chi connectivity index (χ0n) is 20.3. The van der Waals surface area contributed by atoms with Crippen molar-refractivity contribution in [3.63, 3.8) is 0 Å². The number of hydrogen-bond donors (Lipinski definition) is 3. The number of tetrazole rings is 1. The quantitative estimate of drug-likeness (QED) is 0.0627. The van der Waals surface area contributed by atoms with E-state index in [1.54, 1.807) is 4.72 Å². The van der Waals surface area contributed by atoms with Crippen molar-refractivity contribution in [2.24, 2.45) is 0 Å². The van der Waals surface area contributed by atoms with Gasteiger partial charge in [-0.1, -0.05) is 11.8 Å². The molecule has 1 aromatic rings. The van der Waals surface area contributed by atoms with Crippen LogP contribution in [0.1, 0.15) is 6.42 Å². The Morgan fingerprint density at radius 3 is 2.56 bits per heavy atom. The standard InChI is InChI=1S/C15H18F3N7O8S4.2Na/c1-33-14(20-8(26)5-35-15(16,17)18)11(29)25-9(10(27)28)6(4-34-12(14)25)7(2-3-19-37(30,31)32)36-13-21-23-24-22-13;;/h7,12,19H,2-5H2,1H3,(H,20,26)(H,27,28)(H,30,31,32)(H,21,22,23,24);;/q;2*+1/p-2/t7?,12-,14-;;/m0../s1. The number of amides is 2. The number of hydrogen-bond acceptors (Lipinski definition) is 14. The van der Waals surface area contributed by atoms with Crippen molar-refractivity contribution in [1.82, 2.24) is 35.6 Å². The van der Waals surface area contributed by atoms with E-state index < -0.39 is 79.7 Å². The molecule has 3 rings (SSSR count). The fraction of sp³-hybridized carbons (Fsp3) is 0.600. The molecule has 39 heavy (non-hydrogen) atoms. The number of methoxy groups -OCH3 is 1. The van der Waals surface area contributed by atoms with Gasteiger partial charge in [-0.2, -0.15) is 18.4 Å². The molecule has 1 aromatic heterocycles. The Bertz CT molecular complexity index is 1190. The molecule has 0 aliphatic carbocycles. The molecule has 2 aliphatic rings. The van der Waals surface area contributed by atoms with Crippen molar-refractivity contribution in [2.45, 2.75) is 33.4 Å². The van der Waals surface area contributed by atoms with Crippen molar-refractivity contribution in [3.05, 3.63) is 11.3 Å². The van der Waals surface area contributed by atoms with Gasteiger partial charge in [0.25, 0.3) is 11.6 Å². The number of carbonyl (C=O) groups excluding carboxylic acids is 3. The Hall–Kier alpha value is -0.110. The maximum atomic E-state index is 13.1. The second-order valence-corrected chi connectivity index (χ2v) is 11.6. The van der Waals surface area contributed by atoms with Crippen LogP contribution in [0.15, 0.2) is 16.4 Å². The zero-order chi connectivity index (χ0) is 27.6. The van der Waals surface area contributed by atoms with Gasteiger partial charge in [0.1, 0.15) is 5.37 Å². The average molecular weight is 654 g/mol. The fourth-order valence-corrected chi connectivity index (χ4v) is 6.84. The van der Waals surface area contributed by atoms with Gasteiger partial charge in [0.05, 0.1) is 17.4 Å². The number of carboxylic acid groups (broad SMARTS) is 1. The number of halogens is 3. The van der Waals surface area contributed by atoms with Crippen LogP contribution < -0.4 is 74.3 Å². The molecular weight excluding hydrogens is 637 g/mol. The number of aliphatic carboxylic acids is 1. The van der Waals surface area contributed by atoms with Crippen LogP contribution in [0.3, 0.4) is 0 Å². The first-order chi connectivity index (χ1) is 17.2. The Kier molecular flexibility index (Phi) is 14.1. The smallest absolute Gasteiger partial charge is 0.735 e. The van der Waals surface area contributed by atoms with Gasteiger partial charge in [-0.05, 0) is 29.0 Å². The van der Waals surface area contributed by atoms with E-state index in [4.69, 9.17) is 4.74 Å². The van der Waals surface area contributed by atoms with Crippen LogP contribution in [-0.2, 0) is 29.4 Å². The summed E-state index contributed by atoms with van der Waals surface area (Å²) in [5.74, 6) is -5.21. The molecule has 3 N–H and O–H groups in total. The largest absolute Gasteiger partial charge is 1.00 e. The first kappa shape index (κ1) is 36.9. The monoisotopic (exact) mass is 653 g/mol. The topological polar surface area (TPSA) is 222 Å². The normalized spacial score (nSPS) is 21.7. The number of nitrogens with one attached hydrogen (secondary N) is 3. The second-order valence-electron chi connectivity index (χ2n) is 7.16. The molecule has 15 nitrogen and oxygen atoms in total. The third-order valence-electron chi connectivity index (χ3n) is 4.92. The summed E-state index contributed by atoms with van der Waals surface area (Å²) in [6.07, 6.45) is -0.138. The maximum absolute atomic E-state index is 13.1. The van der Waals surface area contributed by atoms with Crippen LogP contribution in [0.4, 0.5) is 13.2 Å². The van der Waals surface area contributed by atoms with Crippen LogP contribution in [0.5, 0.6) is 0 Å². The number of aromatic amines is 1. The van der Waals surface area contributed by atoms with Crippen LogP contribution in [-0.4, -0.2) is 103 Å². The maximum Gasteiger partial charge on any atom is 1.00 e. The molecule has 1 fully saturated rings. The minimum absolute atomic E-state index is 0. The molecule has 2 amide bonds. The Morgan fingerprint density at radius 2 is 2.05 bits per heavy atom. The van der Waals surface area contributed by atoms with Gasteiger partial charge in [0.2, 0.25) is 11.1 Å². The molecule has 1 unspecified atom stereocenters. The summed E-state index contributed by atoms with van der Waals surface area (Å²) in [4.78, 5) is 38.1. The van der Waals surface area contributed by atoms with Gasteiger partial charge in [0.15, 0.2) is 10.3 Å². The number of β-lactam (4-membered cyclic amide) rings is 1. The van der Waals surface area contributed by atoms with Crippen LogP contribution in [0.25, 0.3) is 0 Å². The van der Waals surface area contributed by atoms with Gasteiger partial charge in [0, 0.05) is 24.7 Å². The minimum atomic E-state index is -4.81. The number of thioether (sulfide) groups is 3. The van der Waals surface area contributed by atoms with Crippen molar-refractivity contribution in [3.8, 4) is 0 Å². The van der Waals surface area contributed by atoms with E-state index in [1.165, 1.54) is 0 Å². The molecule has 2 aliphatic heterocycles. The van der Waals surface area contributed by atoms with E-state index in [0.29, 0.717) is 0 Å². The Labute approximate surface area is 275 Å². The van der Waals surface area contributed by atoms with E-state index in [0.717, 1.165) is 35.5 Å². The molecule has 0 spiro atoms. The SMILES string of the molecule is CO[C@@]1(NC(=O)CSC(F)(F)F)C(=O)N2C(C(=O)[O-])=C(C(CCNS(=O)(=O)[O-])Sc3nn[nH]n3)CS[C@H]21.[Na+].[Na+]. The van der Waals surface area contributed by atoms with E-state index >= 15 is 0 Å². The number of rotatable bonds is 12. The van der Waals surface area contributed by atoms with Crippen molar-refractivity contribution < 1.29 is 109 Å². The van der Waals surface area contributed by atoms with Crippen LogP contribution in [0.2, 0.25) is 0 Å². The summed E-state index contributed by atoms with van der Waals surface area (Å²) >= 11 is 1.17. The van der Waals surface area contributed by atoms with Crippen LogP contribution >= 0.6 is 35.3 Å². The molecule has 0 radical (unpaired) electrons. The fourth-order valence-electron chi connectivity index (χ4n) is 3.48. The molecule has 0 saturated carbocycles. The predicted molar refractivity (Wildman–Crippen MR) is 118 cm³/mol. The van der Waals surface area contributed by atoms with Gasteiger partial charge in [-0.15, -0.1) is 22.0 Å². The number of H-pyrrole nitrogens is 1. The number of nitrogens with zero attached hydrogens (tertiary/aromatic N) is 4. The predicted octanol–water partition coefficient (Wildman–Crippen LogP) is -8.26. The van der Waals surface area contributed by atoms with E-state index in [9.17, 15) is 45.6 Å². The van der Waals surface area contributed by atoms with Crippen molar-refractivity contribution in [2.75, 3.05) is 25.2 Å². The summed E-state index contributed by atoms with van der Waals surface area (Å²) in [5, 5.41) is 25.3. The van der Waals surface area contributed by atoms with Crippen molar-refractivity contribution >= 4 is 63.4 Å². The van der Waals surface area contributed by atoms with E-state index in [1.807, 2.05) is 0 Å². The summed E-state index contributed by atoms with van der Waals surface area (Å²) in [6.45, 7) is -0.401. The molecule has 0 aromatic carbocycles. The summed E-state index contributed by atoms with van der Waals surface area (Å²) < 4.78 is 77.0. The zero-order valence-corrected chi connectivity index (χ0v) is 27.6. The van der Waals surface area contributed by atoms with E-state index in [-0.39, 0.29) is 82.0 Å². The molecule has 1 saturated heterocycles. The van der Waals surface area contributed by atoms with Crippen LogP contribution in [0, 0.1) is 0 Å². The van der Waals surface area contributed by atoms with Gasteiger partial charge < -0.3 is 24.5 Å².